The van der Waals surface area contributed by atoms with Crippen molar-refractivity contribution in [3.63, 3.8) is 0 Å². The van der Waals surface area contributed by atoms with Crippen LogP contribution in [-0.2, 0) is 9.53 Å². The molecule has 1 fully saturated rings. The lowest BCUT2D eigenvalue weighted by atomic mass is 10.1. The van der Waals surface area contributed by atoms with Gasteiger partial charge in [0.05, 0.1) is 19.3 Å². The van der Waals surface area contributed by atoms with Gasteiger partial charge in [-0.3, -0.25) is 4.79 Å². The number of carbonyl (C=O) groups excluding carboxylic acids is 2. The second kappa shape index (κ2) is 11.5. The zero-order valence-electron chi connectivity index (χ0n) is 16.4. The summed E-state index contributed by atoms with van der Waals surface area (Å²) in [4.78, 5) is 24.3. The summed E-state index contributed by atoms with van der Waals surface area (Å²) in [5.41, 5.74) is 0.331. The highest BCUT2D eigenvalue weighted by Crippen LogP contribution is 2.28. The van der Waals surface area contributed by atoms with E-state index in [4.69, 9.17) is 14.2 Å². The molecule has 150 valence electrons. The highest BCUT2D eigenvalue weighted by molar-refractivity contribution is 5.92. The summed E-state index contributed by atoms with van der Waals surface area (Å²) in [6, 6.07) is 5.08. The number of unbranched alkanes of at least 4 members (excludes halogenated alkanes) is 1. The summed E-state index contributed by atoms with van der Waals surface area (Å²) in [6.07, 6.45) is 8.70. The Kier molecular flexibility index (Phi) is 8.95. The zero-order valence-corrected chi connectivity index (χ0v) is 16.4. The first-order valence-corrected chi connectivity index (χ1v) is 9.91. The number of hydrogen-bond acceptors (Lipinski definition) is 5. The van der Waals surface area contributed by atoms with E-state index in [0.717, 1.165) is 38.5 Å². The molecule has 1 N–H and O–H groups in total. The number of hydrogen-bond donors (Lipinski definition) is 1. The second-order valence-electron chi connectivity index (χ2n) is 6.90. The van der Waals surface area contributed by atoms with Gasteiger partial charge in [-0.2, -0.15) is 0 Å². The summed E-state index contributed by atoms with van der Waals surface area (Å²) >= 11 is 0. The molecule has 27 heavy (non-hydrogen) atoms. The molecule has 1 aromatic carbocycles. The third-order valence-electron chi connectivity index (χ3n) is 4.71. The van der Waals surface area contributed by atoms with E-state index in [1.165, 1.54) is 20.0 Å². The maximum atomic E-state index is 12.2. The van der Waals surface area contributed by atoms with Crippen molar-refractivity contribution >= 4 is 11.9 Å². The first-order chi connectivity index (χ1) is 13.1. The highest BCUT2D eigenvalue weighted by atomic mass is 16.5. The van der Waals surface area contributed by atoms with Gasteiger partial charge in [-0.15, -0.1) is 0 Å². The van der Waals surface area contributed by atoms with Gasteiger partial charge in [-0.1, -0.05) is 39.0 Å². The third kappa shape index (κ3) is 7.12. The smallest absolute Gasteiger partial charge is 0.338 e. The van der Waals surface area contributed by atoms with Crippen molar-refractivity contribution in [2.24, 2.45) is 0 Å². The lowest BCUT2D eigenvalue weighted by molar-refractivity contribution is -0.125. The average Bonchev–Trinajstić information content (AvgIpc) is 2.95. The van der Waals surface area contributed by atoms with Crippen LogP contribution < -0.4 is 14.8 Å². The summed E-state index contributed by atoms with van der Waals surface area (Å²) in [7, 11) is 1.53. The number of ether oxygens (including phenoxy) is 3. The first kappa shape index (κ1) is 21.1. The van der Waals surface area contributed by atoms with Crippen LogP contribution in [0.5, 0.6) is 11.5 Å². The van der Waals surface area contributed by atoms with Crippen LogP contribution in [0.3, 0.4) is 0 Å². The van der Waals surface area contributed by atoms with Crippen molar-refractivity contribution in [1.29, 1.82) is 0 Å². The number of methoxy groups -OCH3 is 1. The molecule has 0 aliphatic heterocycles. The zero-order chi connectivity index (χ0) is 19.5. The van der Waals surface area contributed by atoms with Crippen LogP contribution in [0, 0.1) is 0 Å². The maximum absolute atomic E-state index is 12.2. The summed E-state index contributed by atoms with van der Waals surface area (Å²) in [6.45, 7) is 2.41. The van der Waals surface area contributed by atoms with E-state index >= 15 is 0 Å². The van der Waals surface area contributed by atoms with E-state index in [9.17, 15) is 9.59 Å². The van der Waals surface area contributed by atoms with Crippen molar-refractivity contribution in [1.82, 2.24) is 5.32 Å². The quantitative estimate of drug-likeness (QED) is 0.402. The maximum Gasteiger partial charge on any atom is 0.338 e. The molecular formula is C21H31NO5. The van der Waals surface area contributed by atoms with Crippen LogP contribution in [0.15, 0.2) is 18.2 Å². The fraction of sp³-hybridized carbons (Fsp3) is 0.619. The standard InChI is InChI=1S/C21H31NO5/c1-3-4-13-26-18-12-11-16(14-19(18)25-2)21(24)27-15-20(23)22-17-9-7-5-6-8-10-17/h11-12,14,17H,3-10,13,15H2,1-2H3,(H,22,23). The Hall–Kier alpha value is -2.24. The average molecular weight is 377 g/mol. The van der Waals surface area contributed by atoms with Gasteiger partial charge in [0.15, 0.2) is 18.1 Å². The predicted molar refractivity (Wildman–Crippen MR) is 103 cm³/mol. The molecule has 1 aliphatic carbocycles. The van der Waals surface area contributed by atoms with E-state index in [1.54, 1.807) is 18.2 Å². The molecular weight excluding hydrogens is 346 g/mol. The number of amides is 1. The Morgan fingerprint density at radius 3 is 2.52 bits per heavy atom. The lowest BCUT2D eigenvalue weighted by Gasteiger charge is -2.16. The van der Waals surface area contributed by atoms with Gasteiger partial charge in [0.2, 0.25) is 0 Å². The Morgan fingerprint density at radius 1 is 1.11 bits per heavy atom. The number of carbonyl (C=O) groups is 2. The van der Waals surface area contributed by atoms with E-state index < -0.39 is 5.97 Å². The predicted octanol–water partition coefficient (Wildman–Crippen LogP) is 3.87. The number of benzene rings is 1. The van der Waals surface area contributed by atoms with Gasteiger partial charge < -0.3 is 19.5 Å². The Morgan fingerprint density at radius 2 is 1.85 bits per heavy atom. The van der Waals surface area contributed by atoms with Crippen molar-refractivity contribution in [3.05, 3.63) is 23.8 Å². The molecule has 6 heteroatoms. The molecule has 0 unspecified atom stereocenters. The summed E-state index contributed by atoms with van der Waals surface area (Å²) in [5, 5.41) is 2.97. The van der Waals surface area contributed by atoms with Gasteiger partial charge in [0.1, 0.15) is 0 Å². The van der Waals surface area contributed by atoms with E-state index in [-0.39, 0.29) is 18.6 Å². The molecule has 0 heterocycles. The molecule has 0 aromatic heterocycles. The van der Waals surface area contributed by atoms with E-state index in [2.05, 4.69) is 12.2 Å². The van der Waals surface area contributed by atoms with E-state index in [1.807, 2.05) is 0 Å². The van der Waals surface area contributed by atoms with Crippen LogP contribution in [0.2, 0.25) is 0 Å². The fourth-order valence-electron chi connectivity index (χ4n) is 3.15. The fourth-order valence-corrected chi connectivity index (χ4v) is 3.15. The Labute approximate surface area is 161 Å². The topological polar surface area (TPSA) is 73.9 Å². The normalized spacial score (nSPS) is 14.9. The van der Waals surface area contributed by atoms with Gasteiger partial charge in [-0.25, -0.2) is 4.79 Å². The molecule has 0 spiro atoms. The Bertz CT molecular complexity index is 609. The molecule has 1 amide bonds. The minimum Gasteiger partial charge on any atom is -0.493 e. The number of esters is 1. The van der Waals surface area contributed by atoms with Gasteiger partial charge >= 0.3 is 5.97 Å². The molecule has 6 nitrogen and oxygen atoms in total. The molecule has 1 saturated carbocycles. The van der Waals surface area contributed by atoms with Crippen molar-refractivity contribution in [3.8, 4) is 11.5 Å². The molecule has 0 saturated heterocycles. The monoisotopic (exact) mass is 377 g/mol. The molecule has 0 radical (unpaired) electrons. The van der Waals surface area contributed by atoms with Gasteiger partial charge in [0.25, 0.3) is 5.91 Å². The van der Waals surface area contributed by atoms with Crippen molar-refractivity contribution in [2.75, 3.05) is 20.3 Å². The highest BCUT2D eigenvalue weighted by Gasteiger charge is 2.17. The van der Waals surface area contributed by atoms with Gasteiger partial charge in [0, 0.05) is 6.04 Å². The molecule has 0 atom stereocenters. The van der Waals surface area contributed by atoms with E-state index in [0.29, 0.717) is 23.7 Å². The van der Waals surface area contributed by atoms with Crippen LogP contribution >= 0.6 is 0 Å². The molecule has 1 aromatic rings. The lowest BCUT2D eigenvalue weighted by Crippen LogP contribution is -2.37. The second-order valence-corrected chi connectivity index (χ2v) is 6.90. The minimum absolute atomic E-state index is 0.193. The first-order valence-electron chi connectivity index (χ1n) is 9.91. The van der Waals surface area contributed by atoms with Crippen molar-refractivity contribution in [2.45, 2.75) is 64.3 Å². The molecule has 0 bridgehead atoms. The third-order valence-corrected chi connectivity index (χ3v) is 4.71. The molecule has 2 rings (SSSR count). The summed E-state index contributed by atoms with van der Waals surface area (Å²) in [5.74, 6) is 0.267. The Balaban J connectivity index is 1.84. The van der Waals surface area contributed by atoms with Crippen LogP contribution in [0.4, 0.5) is 0 Å². The molecule has 1 aliphatic rings. The van der Waals surface area contributed by atoms with Crippen molar-refractivity contribution < 1.29 is 23.8 Å². The number of rotatable bonds is 9. The SMILES string of the molecule is CCCCOc1ccc(C(=O)OCC(=O)NC2CCCCCC2)cc1OC. The largest absolute Gasteiger partial charge is 0.493 e. The van der Waals surface area contributed by atoms with Crippen LogP contribution in [-0.4, -0.2) is 38.2 Å². The van der Waals surface area contributed by atoms with Gasteiger partial charge in [-0.05, 0) is 37.5 Å². The minimum atomic E-state index is -0.551. The number of nitrogens with one attached hydrogen (secondary N) is 1. The summed E-state index contributed by atoms with van der Waals surface area (Å²) < 4.78 is 16.1. The van der Waals surface area contributed by atoms with Crippen LogP contribution in [0.1, 0.15) is 68.6 Å². The van der Waals surface area contributed by atoms with Crippen LogP contribution in [0.25, 0.3) is 0 Å².